The van der Waals surface area contributed by atoms with Crippen LogP contribution < -0.4 is 11.3 Å². The summed E-state index contributed by atoms with van der Waals surface area (Å²) in [6, 6.07) is 18.5. The zero-order chi connectivity index (χ0) is 14.8. The van der Waals surface area contributed by atoms with E-state index in [-0.39, 0.29) is 5.56 Å². The van der Waals surface area contributed by atoms with E-state index >= 15 is 0 Å². The number of nitrogens with zero attached hydrogens (tertiary/aromatic N) is 2. The third-order valence-electron chi connectivity index (χ3n) is 3.43. The van der Waals surface area contributed by atoms with Gasteiger partial charge in [-0.15, -0.1) is 0 Å². The van der Waals surface area contributed by atoms with Gasteiger partial charge in [-0.3, -0.25) is 9.36 Å². The minimum atomic E-state index is -0.140. The number of hydrogen-bond donors (Lipinski definition) is 1. The Labute approximate surface area is 121 Å². The maximum atomic E-state index is 12.6. The molecule has 0 aliphatic rings. The molecular weight excluding hydrogens is 262 g/mol. The van der Waals surface area contributed by atoms with E-state index in [1.807, 2.05) is 30.3 Å². The lowest BCUT2D eigenvalue weighted by Crippen LogP contribution is -2.21. The summed E-state index contributed by atoms with van der Waals surface area (Å²) in [5.74, 6) is 0.395. The zero-order valence-corrected chi connectivity index (χ0v) is 11.3. The molecule has 0 saturated carbocycles. The molecule has 102 valence electrons. The molecule has 3 rings (SSSR count). The molecule has 0 unspecified atom stereocenters. The van der Waals surface area contributed by atoms with Gasteiger partial charge in [0, 0.05) is 5.39 Å². The molecule has 0 bridgehead atoms. The number of fused-ring (bicyclic) bond motifs is 1. The Hall–Kier alpha value is -3.06. The van der Waals surface area contributed by atoms with Gasteiger partial charge in [0.15, 0.2) is 0 Å². The van der Waals surface area contributed by atoms with Crippen molar-refractivity contribution in [3.63, 3.8) is 0 Å². The highest BCUT2D eigenvalue weighted by molar-refractivity contribution is 5.84. The molecule has 1 aromatic heterocycles. The van der Waals surface area contributed by atoms with Crippen molar-refractivity contribution in [1.29, 1.82) is 5.26 Å². The highest BCUT2D eigenvalue weighted by Crippen LogP contribution is 2.17. The Morgan fingerprint density at radius 2 is 1.81 bits per heavy atom. The highest BCUT2D eigenvalue weighted by atomic mass is 16.1. The molecule has 0 radical (unpaired) electrons. The Morgan fingerprint density at radius 3 is 2.52 bits per heavy atom. The van der Waals surface area contributed by atoms with Gasteiger partial charge in [0.2, 0.25) is 0 Å². The summed E-state index contributed by atoms with van der Waals surface area (Å²) in [6.07, 6.45) is 0.350. The molecule has 4 nitrogen and oxygen atoms in total. The number of aromatic nitrogens is 1. The maximum Gasteiger partial charge on any atom is 0.264 e. The van der Waals surface area contributed by atoms with Crippen LogP contribution in [0.2, 0.25) is 0 Å². The van der Waals surface area contributed by atoms with Crippen LogP contribution >= 0.6 is 0 Å². The second-order valence-electron chi connectivity index (χ2n) is 4.80. The smallest absolute Gasteiger partial charge is 0.264 e. The zero-order valence-electron chi connectivity index (χ0n) is 11.3. The Morgan fingerprint density at radius 1 is 1.10 bits per heavy atom. The van der Waals surface area contributed by atoms with E-state index < -0.39 is 0 Å². The molecule has 0 amide bonds. The van der Waals surface area contributed by atoms with Crippen LogP contribution in [-0.2, 0) is 6.42 Å². The largest absolute Gasteiger partial charge is 0.385 e. The predicted molar refractivity (Wildman–Crippen MR) is 83.3 cm³/mol. The van der Waals surface area contributed by atoms with Gasteiger partial charge in [-0.2, -0.15) is 5.26 Å². The van der Waals surface area contributed by atoms with Crippen molar-refractivity contribution < 1.29 is 0 Å². The van der Waals surface area contributed by atoms with E-state index in [9.17, 15) is 4.79 Å². The topological polar surface area (TPSA) is 71.8 Å². The van der Waals surface area contributed by atoms with Crippen LogP contribution in [0, 0.1) is 11.3 Å². The number of nitriles is 1. The first-order valence-electron chi connectivity index (χ1n) is 6.57. The fraction of sp³-hybridized carbons (Fsp3) is 0.0588. The standard InChI is InChI=1S/C17H13N3O/c18-10-9-12-5-7-14(8-6-12)20-16(19)11-13-3-1-2-4-15(13)17(20)21/h1-8,11H,9,19H2. The lowest BCUT2D eigenvalue weighted by Gasteiger charge is -2.11. The van der Waals surface area contributed by atoms with E-state index in [1.54, 1.807) is 24.3 Å². The predicted octanol–water partition coefficient (Wildman–Crippen LogP) is 2.64. The molecule has 21 heavy (non-hydrogen) atoms. The van der Waals surface area contributed by atoms with Crippen molar-refractivity contribution >= 4 is 16.6 Å². The quantitative estimate of drug-likeness (QED) is 0.781. The minimum absolute atomic E-state index is 0.140. The van der Waals surface area contributed by atoms with Gasteiger partial charge >= 0.3 is 0 Å². The summed E-state index contributed by atoms with van der Waals surface area (Å²) in [4.78, 5) is 12.6. The number of nitrogen functional groups attached to an aromatic ring is 1. The van der Waals surface area contributed by atoms with Crippen molar-refractivity contribution in [3.05, 3.63) is 70.5 Å². The van der Waals surface area contributed by atoms with Crippen LogP contribution in [0.25, 0.3) is 16.5 Å². The van der Waals surface area contributed by atoms with Gasteiger partial charge in [-0.25, -0.2) is 0 Å². The summed E-state index contributed by atoms with van der Waals surface area (Å²) in [5.41, 5.74) is 7.50. The third kappa shape index (κ3) is 2.26. The van der Waals surface area contributed by atoms with Crippen LogP contribution in [0.5, 0.6) is 0 Å². The number of anilines is 1. The van der Waals surface area contributed by atoms with E-state index in [0.29, 0.717) is 23.3 Å². The molecule has 2 N–H and O–H groups in total. The molecule has 1 heterocycles. The SMILES string of the molecule is N#CCc1ccc(-n2c(N)cc3ccccc3c2=O)cc1. The molecule has 0 fully saturated rings. The fourth-order valence-electron chi connectivity index (χ4n) is 2.40. The van der Waals surface area contributed by atoms with Crippen molar-refractivity contribution in [2.24, 2.45) is 0 Å². The third-order valence-corrected chi connectivity index (χ3v) is 3.43. The van der Waals surface area contributed by atoms with Gasteiger partial charge in [0.1, 0.15) is 5.82 Å². The number of hydrogen-bond acceptors (Lipinski definition) is 3. The van der Waals surface area contributed by atoms with Crippen LogP contribution in [-0.4, -0.2) is 4.57 Å². The average molecular weight is 275 g/mol. The first-order chi connectivity index (χ1) is 10.2. The molecular formula is C17H13N3O. The van der Waals surface area contributed by atoms with Gasteiger partial charge in [0.25, 0.3) is 5.56 Å². The summed E-state index contributed by atoms with van der Waals surface area (Å²) in [6.45, 7) is 0. The molecule has 3 aromatic rings. The highest BCUT2D eigenvalue weighted by Gasteiger charge is 2.08. The molecule has 0 atom stereocenters. The first kappa shape index (κ1) is 12.9. The lowest BCUT2D eigenvalue weighted by molar-refractivity contribution is 1.02. The summed E-state index contributed by atoms with van der Waals surface area (Å²) < 4.78 is 1.48. The Balaban J connectivity index is 2.20. The Bertz CT molecular complexity index is 902. The van der Waals surface area contributed by atoms with Crippen LogP contribution in [0.3, 0.4) is 0 Å². The lowest BCUT2D eigenvalue weighted by atomic mass is 10.1. The van der Waals surface area contributed by atoms with E-state index in [1.165, 1.54) is 4.57 Å². The molecule has 0 saturated heterocycles. The first-order valence-corrected chi connectivity index (χ1v) is 6.57. The van der Waals surface area contributed by atoms with E-state index in [4.69, 9.17) is 11.0 Å². The number of pyridine rings is 1. The maximum absolute atomic E-state index is 12.6. The van der Waals surface area contributed by atoms with E-state index in [0.717, 1.165) is 10.9 Å². The average Bonchev–Trinajstić information content (AvgIpc) is 2.49. The summed E-state index contributed by atoms with van der Waals surface area (Å²) in [7, 11) is 0. The fourth-order valence-corrected chi connectivity index (χ4v) is 2.40. The molecule has 0 aliphatic carbocycles. The second kappa shape index (κ2) is 5.14. The summed E-state index contributed by atoms with van der Waals surface area (Å²) in [5, 5.41) is 10.2. The molecule has 0 aliphatic heterocycles. The van der Waals surface area contributed by atoms with Gasteiger partial charge in [-0.05, 0) is 35.2 Å². The van der Waals surface area contributed by atoms with Crippen LogP contribution in [0.15, 0.2) is 59.4 Å². The number of rotatable bonds is 2. The monoisotopic (exact) mass is 275 g/mol. The Kier molecular flexibility index (Phi) is 3.17. The number of benzene rings is 2. The van der Waals surface area contributed by atoms with Crippen LogP contribution in [0.1, 0.15) is 5.56 Å². The molecule has 2 aromatic carbocycles. The van der Waals surface area contributed by atoms with Gasteiger partial charge in [0.05, 0.1) is 18.2 Å². The van der Waals surface area contributed by atoms with Crippen molar-refractivity contribution in [2.75, 3.05) is 5.73 Å². The molecule has 4 heteroatoms. The van der Waals surface area contributed by atoms with Crippen molar-refractivity contribution in [2.45, 2.75) is 6.42 Å². The van der Waals surface area contributed by atoms with E-state index in [2.05, 4.69) is 6.07 Å². The minimum Gasteiger partial charge on any atom is -0.385 e. The summed E-state index contributed by atoms with van der Waals surface area (Å²) >= 11 is 0. The van der Waals surface area contributed by atoms with Crippen LogP contribution in [0.4, 0.5) is 5.82 Å². The van der Waals surface area contributed by atoms with Gasteiger partial charge < -0.3 is 5.73 Å². The number of nitrogens with two attached hydrogens (primary N) is 1. The second-order valence-corrected chi connectivity index (χ2v) is 4.80. The van der Waals surface area contributed by atoms with Crippen molar-refractivity contribution in [3.8, 4) is 11.8 Å². The molecule has 0 spiro atoms. The van der Waals surface area contributed by atoms with Crippen molar-refractivity contribution in [1.82, 2.24) is 4.57 Å². The van der Waals surface area contributed by atoms with Gasteiger partial charge in [-0.1, -0.05) is 30.3 Å². The normalized spacial score (nSPS) is 10.4.